The van der Waals surface area contributed by atoms with E-state index >= 15 is 0 Å². The van der Waals surface area contributed by atoms with Gasteiger partial charge in [0.1, 0.15) is 11.3 Å². The van der Waals surface area contributed by atoms with Crippen LogP contribution in [-0.4, -0.2) is 22.7 Å². The number of carboxylic acid groups (broad SMARTS) is 1. The summed E-state index contributed by atoms with van der Waals surface area (Å²) in [7, 11) is 0. The summed E-state index contributed by atoms with van der Waals surface area (Å²) >= 11 is 1.61. The lowest BCUT2D eigenvalue weighted by Gasteiger charge is -2.14. The van der Waals surface area contributed by atoms with E-state index < -0.39 is 5.97 Å². The highest BCUT2D eigenvalue weighted by Crippen LogP contribution is 2.24. The number of hydrogen-bond acceptors (Lipinski definition) is 4. The number of aromatic carboxylic acids is 1. The summed E-state index contributed by atoms with van der Waals surface area (Å²) in [5.74, 6) is -0.576. The highest BCUT2D eigenvalue weighted by molar-refractivity contribution is 7.09. The van der Waals surface area contributed by atoms with Gasteiger partial charge < -0.3 is 9.84 Å². The number of rotatable bonds is 5. The Labute approximate surface area is 128 Å². The lowest BCUT2D eigenvalue weighted by atomic mass is 9.93. The summed E-state index contributed by atoms with van der Waals surface area (Å²) in [6.45, 7) is 6.81. The van der Waals surface area contributed by atoms with Crippen molar-refractivity contribution < 1.29 is 14.6 Å². The summed E-state index contributed by atoms with van der Waals surface area (Å²) in [5.41, 5.74) is 1.31. The largest absolute Gasteiger partial charge is 0.492 e. The van der Waals surface area contributed by atoms with Crippen LogP contribution >= 0.6 is 11.3 Å². The van der Waals surface area contributed by atoms with E-state index in [1.807, 2.05) is 0 Å². The van der Waals surface area contributed by atoms with Crippen LogP contribution in [0.2, 0.25) is 0 Å². The quantitative estimate of drug-likeness (QED) is 0.913. The van der Waals surface area contributed by atoms with Crippen molar-refractivity contribution in [3.05, 3.63) is 45.9 Å². The van der Waals surface area contributed by atoms with E-state index in [-0.39, 0.29) is 11.0 Å². The molecule has 112 valence electrons. The van der Waals surface area contributed by atoms with E-state index in [9.17, 15) is 4.79 Å². The zero-order valence-corrected chi connectivity index (χ0v) is 13.2. The van der Waals surface area contributed by atoms with Gasteiger partial charge in [0.05, 0.1) is 17.3 Å². The molecule has 0 atom stereocenters. The molecule has 0 unspecified atom stereocenters. The number of para-hydroxylation sites is 1. The standard InChI is InChI=1S/C16H19NO3S/c1-16(2,3)13-10-21-14(17-13)8-9-20-12-7-5-4-6-11(12)15(18)19/h4-7,10H,8-9H2,1-3H3,(H,18,19). The van der Waals surface area contributed by atoms with Crippen molar-refractivity contribution in [2.24, 2.45) is 0 Å². The highest BCUT2D eigenvalue weighted by atomic mass is 32.1. The number of nitrogens with zero attached hydrogens (tertiary/aromatic N) is 1. The molecule has 0 spiro atoms. The van der Waals surface area contributed by atoms with E-state index in [0.717, 1.165) is 10.7 Å². The molecule has 0 aliphatic heterocycles. The van der Waals surface area contributed by atoms with Gasteiger partial charge in [0, 0.05) is 17.2 Å². The van der Waals surface area contributed by atoms with Gasteiger partial charge in [-0.25, -0.2) is 9.78 Å². The second kappa shape index (κ2) is 6.26. The van der Waals surface area contributed by atoms with Crippen LogP contribution < -0.4 is 4.74 Å². The third kappa shape index (κ3) is 4.04. The van der Waals surface area contributed by atoms with Gasteiger partial charge in [-0.3, -0.25) is 0 Å². The molecular weight excluding hydrogens is 286 g/mol. The van der Waals surface area contributed by atoms with E-state index in [2.05, 4.69) is 31.1 Å². The third-order valence-corrected chi connectivity index (χ3v) is 3.92. The van der Waals surface area contributed by atoms with Gasteiger partial charge in [0.25, 0.3) is 0 Å². The molecule has 21 heavy (non-hydrogen) atoms. The Hall–Kier alpha value is -1.88. The summed E-state index contributed by atoms with van der Waals surface area (Å²) in [6.07, 6.45) is 0.675. The van der Waals surface area contributed by atoms with Crippen LogP contribution in [0.15, 0.2) is 29.6 Å². The predicted molar refractivity (Wildman–Crippen MR) is 83.4 cm³/mol. The van der Waals surface area contributed by atoms with Crippen LogP contribution in [0, 0.1) is 0 Å². The minimum absolute atomic E-state index is 0.0471. The summed E-state index contributed by atoms with van der Waals surface area (Å²) < 4.78 is 5.58. The minimum Gasteiger partial charge on any atom is -0.492 e. The fourth-order valence-corrected chi connectivity index (χ4v) is 2.79. The van der Waals surface area contributed by atoms with Gasteiger partial charge >= 0.3 is 5.97 Å². The topological polar surface area (TPSA) is 59.4 Å². The first-order valence-corrected chi connectivity index (χ1v) is 7.66. The number of thiazole rings is 1. The van der Waals surface area contributed by atoms with Gasteiger partial charge in [0.15, 0.2) is 0 Å². The molecule has 2 aromatic rings. The number of benzene rings is 1. The zero-order chi connectivity index (χ0) is 15.5. The Morgan fingerprint density at radius 3 is 2.67 bits per heavy atom. The molecule has 0 aliphatic carbocycles. The van der Waals surface area contributed by atoms with E-state index in [4.69, 9.17) is 9.84 Å². The molecule has 0 bridgehead atoms. The maximum atomic E-state index is 11.1. The Morgan fingerprint density at radius 2 is 2.05 bits per heavy atom. The monoisotopic (exact) mass is 305 g/mol. The molecule has 1 aromatic carbocycles. The van der Waals surface area contributed by atoms with Crippen LogP contribution in [0.4, 0.5) is 0 Å². The Bertz CT molecular complexity index is 628. The molecule has 0 saturated carbocycles. The lowest BCUT2D eigenvalue weighted by Crippen LogP contribution is -2.12. The van der Waals surface area contributed by atoms with Gasteiger partial charge in [-0.05, 0) is 12.1 Å². The van der Waals surface area contributed by atoms with Crippen LogP contribution in [-0.2, 0) is 11.8 Å². The first-order valence-electron chi connectivity index (χ1n) is 6.78. The second-order valence-corrected chi connectivity index (χ2v) is 6.72. The Balaban J connectivity index is 1.96. The molecule has 0 radical (unpaired) electrons. The summed E-state index contributed by atoms with van der Waals surface area (Å²) in [5, 5.41) is 12.2. The Kier molecular flexibility index (Phi) is 4.63. The third-order valence-electron chi connectivity index (χ3n) is 3.01. The number of aromatic nitrogens is 1. The maximum absolute atomic E-state index is 11.1. The molecule has 0 amide bonds. The van der Waals surface area contributed by atoms with E-state index in [1.165, 1.54) is 0 Å². The Morgan fingerprint density at radius 1 is 1.33 bits per heavy atom. The zero-order valence-electron chi connectivity index (χ0n) is 12.4. The molecule has 1 heterocycles. The van der Waals surface area contributed by atoms with Crippen molar-refractivity contribution in [3.63, 3.8) is 0 Å². The van der Waals surface area contributed by atoms with Crippen LogP contribution in [0.5, 0.6) is 5.75 Å². The SMILES string of the molecule is CC(C)(C)c1csc(CCOc2ccccc2C(=O)O)n1. The number of carbonyl (C=O) groups is 1. The van der Waals surface area contributed by atoms with Crippen molar-refractivity contribution in [1.82, 2.24) is 4.98 Å². The smallest absolute Gasteiger partial charge is 0.339 e. The molecule has 0 saturated heterocycles. The molecule has 1 N–H and O–H groups in total. The van der Waals surface area contributed by atoms with Crippen LogP contribution in [0.3, 0.4) is 0 Å². The van der Waals surface area contributed by atoms with Crippen molar-refractivity contribution in [1.29, 1.82) is 0 Å². The lowest BCUT2D eigenvalue weighted by molar-refractivity contribution is 0.0692. The fraction of sp³-hybridized carbons (Fsp3) is 0.375. The summed E-state index contributed by atoms with van der Waals surface area (Å²) in [6, 6.07) is 6.67. The van der Waals surface area contributed by atoms with Gasteiger partial charge in [-0.15, -0.1) is 11.3 Å². The minimum atomic E-state index is -0.977. The average Bonchev–Trinajstić information content (AvgIpc) is 2.88. The highest BCUT2D eigenvalue weighted by Gasteiger charge is 2.17. The first kappa shape index (κ1) is 15.5. The average molecular weight is 305 g/mol. The van der Waals surface area contributed by atoms with E-state index in [0.29, 0.717) is 18.8 Å². The molecule has 2 rings (SSSR count). The van der Waals surface area contributed by atoms with Crippen LogP contribution in [0.1, 0.15) is 41.8 Å². The first-order chi connectivity index (χ1) is 9.88. The van der Waals surface area contributed by atoms with Crippen molar-refractivity contribution in [2.45, 2.75) is 32.6 Å². The predicted octanol–water partition coefficient (Wildman–Crippen LogP) is 3.76. The molecule has 5 heteroatoms. The van der Waals surface area contributed by atoms with Crippen molar-refractivity contribution in [3.8, 4) is 5.75 Å². The number of ether oxygens (including phenoxy) is 1. The normalized spacial score (nSPS) is 11.4. The number of hydrogen-bond donors (Lipinski definition) is 1. The van der Waals surface area contributed by atoms with Gasteiger partial charge in [-0.1, -0.05) is 32.9 Å². The second-order valence-electron chi connectivity index (χ2n) is 5.78. The van der Waals surface area contributed by atoms with Crippen LogP contribution in [0.25, 0.3) is 0 Å². The van der Waals surface area contributed by atoms with Gasteiger partial charge in [-0.2, -0.15) is 0 Å². The summed E-state index contributed by atoms with van der Waals surface area (Å²) in [4.78, 5) is 15.7. The molecule has 4 nitrogen and oxygen atoms in total. The van der Waals surface area contributed by atoms with Crippen molar-refractivity contribution in [2.75, 3.05) is 6.61 Å². The van der Waals surface area contributed by atoms with E-state index in [1.54, 1.807) is 35.6 Å². The van der Waals surface area contributed by atoms with Gasteiger partial charge in [0.2, 0.25) is 0 Å². The maximum Gasteiger partial charge on any atom is 0.339 e. The molecule has 0 aliphatic rings. The fourth-order valence-electron chi connectivity index (χ4n) is 1.79. The van der Waals surface area contributed by atoms with Crippen molar-refractivity contribution >= 4 is 17.3 Å². The molecular formula is C16H19NO3S. The molecule has 1 aromatic heterocycles. The number of carboxylic acids is 1. The molecule has 0 fully saturated rings.